The molecule has 8 heteroatoms. The van der Waals surface area contributed by atoms with Crippen LogP contribution < -0.4 is 16.4 Å². The van der Waals surface area contributed by atoms with Gasteiger partial charge in [-0.15, -0.1) is 0 Å². The Morgan fingerprint density at radius 1 is 1.10 bits per heavy atom. The Balaban J connectivity index is 1.50. The first-order valence-corrected chi connectivity index (χ1v) is 9.18. The summed E-state index contributed by atoms with van der Waals surface area (Å²) < 4.78 is 13.9. The summed E-state index contributed by atoms with van der Waals surface area (Å²) in [7, 11) is 0. The quantitative estimate of drug-likeness (QED) is 0.371. The number of nitrogens with zero attached hydrogens (tertiary/aromatic N) is 1. The maximum absolute atomic E-state index is 13.9. The Morgan fingerprint density at radius 3 is 2.67 bits per heavy atom. The van der Waals surface area contributed by atoms with Crippen molar-refractivity contribution < 1.29 is 14.0 Å². The van der Waals surface area contributed by atoms with Crippen molar-refractivity contribution in [2.75, 3.05) is 16.4 Å². The predicted octanol–water partition coefficient (Wildman–Crippen LogP) is 4.34. The van der Waals surface area contributed by atoms with Crippen molar-refractivity contribution in [1.29, 1.82) is 0 Å². The van der Waals surface area contributed by atoms with Crippen molar-refractivity contribution in [2.45, 2.75) is 6.42 Å². The summed E-state index contributed by atoms with van der Waals surface area (Å²) in [5.41, 5.74) is 9.79. The molecule has 0 fully saturated rings. The van der Waals surface area contributed by atoms with Crippen LogP contribution in [0.3, 0.4) is 0 Å². The first kappa shape index (κ1) is 19.1. The van der Waals surface area contributed by atoms with Crippen LogP contribution in [0.2, 0.25) is 0 Å². The molecule has 0 saturated heterocycles. The summed E-state index contributed by atoms with van der Waals surface area (Å²) in [6.45, 7) is 0. The number of amides is 2. The Kier molecular flexibility index (Phi) is 5.13. The number of benzene rings is 3. The van der Waals surface area contributed by atoms with Crippen LogP contribution in [0.15, 0.2) is 60.7 Å². The number of aromatic nitrogens is 2. The number of rotatable bonds is 5. The van der Waals surface area contributed by atoms with Crippen LogP contribution in [-0.2, 0) is 11.2 Å². The summed E-state index contributed by atoms with van der Waals surface area (Å²) in [4.78, 5) is 22.9. The van der Waals surface area contributed by atoms with E-state index in [4.69, 9.17) is 5.73 Å². The molecule has 0 spiro atoms. The number of urea groups is 1. The van der Waals surface area contributed by atoms with Gasteiger partial charge >= 0.3 is 6.03 Å². The fourth-order valence-corrected chi connectivity index (χ4v) is 3.25. The summed E-state index contributed by atoms with van der Waals surface area (Å²) >= 11 is 0. The summed E-state index contributed by atoms with van der Waals surface area (Å²) in [6, 6.07) is 16.5. The monoisotopic (exact) mass is 403 g/mol. The number of nitrogens with one attached hydrogen (secondary N) is 3. The highest BCUT2D eigenvalue weighted by molar-refractivity contribution is 6.02. The largest absolute Gasteiger partial charge is 0.382 e. The molecule has 0 aliphatic rings. The van der Waals surface area contributed by atoms with E-state index in [9.17, 15) is 14.0 Å². The maximum Gasteiger partial charge on any atom is 0.323 e. The predicted molar refractivity (Wildman–Crippen MR) is 115 cm³/mol. The lowest BCUT2D eigenvalue weighted by Gasteiger charge is -2.10. The van der Waals surface area contributed by atoms with Crippen molar-refractivity contribution >= 4 is 40.4 Å². The zero-order valence-electron chi connectivity index (χ0n) is 15.8. The summed E-state index contributed by atoms with van der Waals surface area (Å²) in [6.07, 6.45) is 0.863. The average molecular weight is 403 g/mol. The van der Waals surface area contributed by atoms with Gasteiger partial charge in [-0.25, -0.2) is 9.18 Å². The molecule has 30 heavy (non-hydrogen) atoms. The van der Waals surface area contributed by atoms with E-state index in [0.29, 0.717) is 17.1 Å². The zero-order chi connectivity index (χ0) is 21.1. The van der Waals surface area contributed by atoms with E-state index in [0.717, 1.165) is 28.3 Å². The van der Waals surface area contributed by atoms with Crippen LogP contribution >= 0.6 is 0 Å². The molecule has 0 radical (unpaired) electrons. The van der Waals surface area contributed by atoms with Gasteiger partial charge in [-0.1, -0.05) is 30.3 Å². The van der Waals surface area contributed by atoms with Gasteiger partial charge in [0.25, 0.3) is 0 Å². The van der Waals surface area contributed by atoms with Gasteiger partial charge < -0.3 is 21.2 Å². The molecule has 150 valence electrons. The molecule has 5 N–H and O–H groups in total. The van der Waals surface area contributed by atoms with Crippen LogP contribution in [-0.4, -0.2) is 22.5 Å². The maximum atomic E-state index is 13.9. The van der Waals surface area contributed by atoms with Gasteiger partial charge in [0.2, 0.25) is 0 Å². The standard InChI is InChI=1S/C22H18FN5O2/c23-17-9-4-13(10-11-29)12-19(17)26-22(30)25-15-7-5-14(6-8-15)16-2-1-3-18-20(16)21(24)28-27-18/h1-9,11-12H,10H2,(H3,24,27,28)(H2,25,26,30). The number of carbonyl (C=O) groups excluding carboxylic acids is 2. The third kappa shape index (κ3) is 3.83. The number of carbonyl (C=O) groups is 2. The van der Waals surface area contributed by atoms with Crippen molar-refractivity contribution in [3.63, 3.8) is 0 Å². The zero-order valence-corrected chi connectivity index (χ0v) is 15.8. The number of aromatic amines is 1. The minimum Gasteiger partial charge on any atom is -0.382 e. The van der Waals surface area contributed by atoms with E-state index in [-0.39, 0.29) is 12.1 Å². The SMILES string of the molecule is Nc1n[nH]c2cccc(-c3ccc(NC(=O)Nc4cc(CC=O)ccc4F)cc3)c12. The van der Waals surface area contributed by atoms with Gasteiger partial charge in [0, 0.05) is 12.1 Å². The second-order valence-corrected chi connectivity index (χ2v) is 6.68. The lowest BCUT2D eigenvalue weighted by Crippen LogP contribution is -2.20. The van der Waals surface area contributed by atoms with Crippen molar-refractivity contribution in [2.24, 2.45) is 0 Å². The topological polar surface area (TPSA) is 113 Å². The summed E-state index contributed by atoms with van der Waals surface area (Å²) in [5.74, 6) is -0.165. The third-order valence-electron chi connectivity index (χ3n) is 4.67. The van der Waals surface area contributed by atoms with Crippen LogP contribution in [0.5, 0.6) is 0 Å². The molecule has 0 aliphatic heterocycles. The lowest BCUT2D eigenvalue weighted by molar-refractivity contribution is -0.107. The first-order chi connectivity index (χ1) is 14.5. The molecule has 1 aromatic heterocycles. The minimum atomic E-state index is -0.592. The molecule has 0 bridgehead atoms. The number of nitrogen functional groups attached to an aromatic ring is 1. The van der Waals surface area contributed by atoms with Gasteiger partial charge in [-0.05, 0) is 47.0 Å². The van der Waals surface area contributed by atoms with E-state index < -0.39 is 11.8 Å². The van der Waals surface area contributed by atoms with Crippen LogP contribution in [0.1, 0.15) is 5.56 Å². The molecular weight excluding hydrogens is 385 g/mol. The number of anilines is 3. The normalized spacial score (nSPS) is 10.7. The van der Waals surface area contributed by atoms with Crippen molar-refractivity contribution in [3.05, 3.63) is 72.0 Å². The van der Waals surface area contributed by atoms with Gasteiger partial charge in [0.05, 0.1) is 16.6 Å². The molecule has 1 heterocycles. The van der Waals surface area contributed by atoms with Gasteiger partial charge in [-0.3, -0.25) is 5.10 Å². The molecule has 0 unspecified atom stereocenters. The van der Waals surface area contributed by atoms with E-state index in [1.165, 1.54) is 18.2 Å². The number of aldehydes is 1. The second-order valence-electron chi connectivity index (χ2n) is 6.68. The minimum absolute atomic E-state index is 0.00517. The molecule has 0 saturated carbocycles. The van der Waals surface area contributed by atoms with Crippen molar-refractivity contribution in [3.8, 4) is 11.1 Å². The Labute approximate surface area is 171 Å². The fraction of sp³-hybridized carbons (Fsp3) is 0.0455. The Hall–Kier alpha value is -4.20. The Bertz CT molecular complexity index is 1230. The molecule has 7 nitrogen and oxygen atoms in total. The summed E-state index contributed by atoms with van der Waals surface area (Å²) in [5, 5.41) is 12.9. The van der Waals surface area contributed by atoms with Crippen LogP contribution in [0.4, 0.5) is 26.4 Å². The van der Waals surface area contributed by atoms with E-state index in [1.807, 2.05) is 30.3 Å². The second kappa shape index (κ2) is 8.04. The third-order valence-corrected chi connectivity index (χ3v) is 4.67. The van der Waals surface area contributed by atoms with Gasteiger partial charge in [0.15, 0.2) is 5.82 Å². The highest BCUT2D eigenvalue weighted by atomic mass is 19.1. The smallest absolute Gasteiger partial charge is 0.323 e. The van der Waals surface area contributed by atoms with E-state index in [1.54, 1.807) is 12.1 Å². The molecule has 2 amide bonds. The van der Waals surface area contributed by atoms with Crippen LogP contribution in [0.25, 0.3) is 22.0 Å². The lowest BCUT2D eigenvalue weighted by atomic mass is 10.0. The number of H-pyrrole nitrogens is 1. The molecule has 3 aromatic carbocycles. The molecule has 4 aromatic rings. The number of nitrogens with two attached hydrogens (primary N) is 1. The van der Waals surface area contributed by atoms with E-state index >= 15 is 0 Å². The molecule has 0 aliphatic carbocycles. The van der Waals surface area contributed by atoms with Crippen molar-refractivity contribution in [1.82, 2.24) is 10.2 Å². The number of fused-ring (bicyclic) bond motifs is 1. The Morgan fingerprint density at radius 2 is 1.90 bits per heavy atom. The number of halogens is 1. The van der Waals surface area contributed by atoms with Gasteiger partial charge in [0.1, 0.15) is 12.1 Å². The highest BCUT2D eigenvalue weighted by Gasteiger charge is 2.11. The van der Waals surface area contributed by atoms with Gasteiger partial charge in [-0.2, -0.15) is 5.10 Å². The average Bonchev–Trinajstić information content (AvgIpc) is 3.12. The number of hydrogen-bond donors (Lipinski definition) is 4. The number of hydrogen-bond acceptors (Lipinski definition) is 4. The highest BCUT2D eigenvalue weighted by Crippen LogP contribution is 2.31. The molecule has 4 rings (SSSR count). The van der Waals surface area contributed by atoms with Crippen LogP contribution in [0, 0.1) is 5.82 Å². The van der Waals surface area contributed by atoms with E-state index in [2.05, 4.69) is 20.8 Å². The first-order valence-electron chi connectivity index (χ1n) is 9.18. The molecule has 0 atom stereocenters. The fourth-order valence-electron chi connectivity index (χ4n) is 3.25. The molecular formula is C22H18FN5O2.